The molecule has 0 saturated carbocycles. The number of likely N-dealkylation sites (tertiary alicyclic amines) is 1. The molecule has 5 heterocycles. The number of ether oxygens (including phenoxy) is 1. The Labute approximate surface area is 195 Å². The van der Waals surface area contributed by atoms with Crippen molar-refractivity contribution in [2.45, 2.75) is 51.0 Å². The van der Waals surface area contributed by atoms with Gasteiger partial charge in [-0.05, 0) is 31.7 Å². The molecule has 1 atom stereocenters. The molecule has 2 fully saturated rings. The second-order valence-electron chi connectivity index (χ2n) is 8.89. The Morgan fingerprint density at radius 2 is 2.00 bits per heavy atom. The number of aromatic nitrogens is 3. The van der Waals surface area contributed by atoms with E-state index < -0.39 is 17.9 Å². The molecule has 2 aromatic rings. The largest absolute Gasteiger partial charge is 0.417 e. The van der Waals surface area contributed by atoms with Gasteiger partial charge in [-0.25, -0.2) is 9.97 Å². The molecule has 0 aliphatic carbocycles. The molecule has 2 saturated heterocycles. The minimum atomic E-state index is -4.53. The highest BCUT2D eigenvalue weighted by Crippen LogP contribution is 2.39. The molecule has 2 aromatic heterocycles. The second kappa shape index (κ2) is 9.46. The molecule has 0 bridgehead atoms. The van der Waals surface area contributed by atoms with Crippen molar-refractivity contribution in [2.24, 2.45) is 5.92 Å². The zero-order valence-corrected chi connectivity index (χ0v) is 18.7. The van der Waals surface area contributed by atoms with Gasteiger partial charge in [-0.2, -0.15) is 13.2 Å². The molecular formula is C23H27F3N6O2. The summed E-state index contributed by atoms with van der Waals surface area (Å²) in [5, 5.41) is 3.30. The number of nitrogens with zero attached hydrogens (tertiary/aromatic N) is 5. The van der Waals surface area contributed by atoms with E-state index in [1.54, 1.807) is 9.80 Å². The minimum absolute atomic E-state index is 0.0248. The number of amides is 1. The van der Waals surface area contributed by atoms with E-state index in [9.17, 15) is 18.0 Å². The lowest BCUT2D eigenvalue weighted by Gasteiger charge is -2.39. The SMILES string of the molecule is O=C(C1CCOCC1)N1CCCC1N(c1cncc(C(F)(F)F)c1)c1ncnc2c1CNCC2. The Hall–Kier alpha value is -2.79. The van der Waals surface area contributed by atoms with E-state index >= 15 is 0 Å². The third kappa shape index (κ3) is 4.46. The van der Waals surface area contributed by atoms with Crippen molar-refractivity contribution in [3.05, 3.63) is 41.6 Å². The summed E-state index contributed by atoms with van der Waals surface area (Å²) >= 11 is 0. The van der Waals surface area contributed by atoms with Crippen molar-refractivity contribution in [3.63, 3.8) is 0 Å². The highest BCUT2D eigenvalue weighted by atomic mass is 19.4. The van der Waals surface area contributed by atoms with Gasteiger partial charge in [-0.3, -0.25) is 9.78 Å². The number of carbonyl (C=O) groups excluding carboxylic acids is 1. The summed E-state index contributed by atoms with van der Waals surface area (Å²) in [6, 6.07) is 1.09. The maximum absolute atomic E-state index is 13.6. The van der Waals surface area contributed by atoms with Crippen molar-refractivity contribution >= 4 is 17.4 Å². The Bertz CT molecular complexity index is 1040. The smallest absolute Gasteiger partial charge is 0.381 e. The van der Waals surface area contributed by atoms with Gasteiger partial charge < -0.3 is 19.9 Å². The van der Waals surface area contributed by atoms with Gasteiger partial charge in [0.1, 0.15) is 18.3 Å². The van der Waals surface area contributed by atoms with E-state index in [4.69, 9.17) is 4.74 Å². The highest BCUT2D eigenvalue weighted by Gasteiger charge is 2.40. The van der Waals surface area contributed by atoms with Gasteiger partial charge in [0.15, 0.2) is 0 Å². The van der Waals surface area contributed by atoms with Gasteiger partial charge >= 0.3 is 6.18 Å². The summed E-state index contributed by atoms with van der Waals surface area (Å²) in [5.41, 5.74) is 1.14. The standard InChI is InChI=1S/C23H27F3N6O2/c24-23(25,26)16-10-17(12-28-11-16)32(21-18-13-27-6-3-19(18)29-14-30-21)20-2-1-7-31(20)22(33)15-4-8-34-9-5-15/h10-12,14-15,20,27H,1-9,13H2. The van der Waals surface area contributed by atoms with Crippen LogP contribution in [-0.2, 0) is 28.7 Å². The first-order chi connectivity index (χ1) is 16.4. The van der Waals surface area contributed by atoms with E-state index in [1.165, 1.54) is 12.5 Å². The van der Waals surface area contributed by atoms with E-state index in [2.05, 4.69) is 20.3 Å². The highest BCUT2D eigenvalue weighted by molar-refractivity contribution is 5.80. The van der Waals surface area contributed by atoms with Crippen LogP contribution >= 0.6 is 0 Å². The van der Waals surface area contributed by atoms with Crippen LogP contribution in [-0.4, -0.2) is 58.2 Å². The van der Waals surface area contributed by atoms with Crippen molar-refractivity contribution in [1.82, 2.24) is 25.2 Å². The molecule has 1 amide bonds. The number of fused-ring (bicyclic) bond motifs is 1. The van der Waals surface area contributed by atoms with Crippen molar-refractivity contribution in [3.8, 4) is 0 Å². The molecule has 1 N–H and O–H groups in total. The fourth-order valence-corrected chi connectivity index (χ4v) is 5.07. The molecule has 0 radical (unpaired) electrons. The molecule has 0 aromatic carbocycles. The van der Waals surface area contributed by atoms with E-state index in [-0.39, 0.29) is 17.5 Å². The molecular weight excluding hydrogens is 449 g/mol. The Morgan fingerprint density at radius 3 is 2.79 bits per heavy atom. The third-order valence-corrected chi connectivity index (χ3v) is 6.78. The Morgan fingerprint density at radius 1 is 1.18 bits per heavy atom. The lowest BCUT2D eigenvalue weighted by atomic mass is 9.98. The van der Waals surface area contributed by atoms with Crippen molar-refractivity contribution < 1.29 is 22.7 Å². The molecule has 3 aliphatic heterocycles. The Kier molecular flexibility index (Phi) is 6.39. The number of carbonyl (C=O) groups is 1. The number of rotatable bonds is 4. The molecule has 34 heavy (non-hydrogen) atoms. The van der Waals surface area contributed by atoms with Gasteiger partial charge in [0.25, 0.3) is 0 Å². The Balaban J connectivity index is 1.58. The molecule has 5 rings (SSSR count). The maximum Gasteiger partial charge on any atom is 0.417 e. The predicted octanol–water partition coefficient (Wildman–Crippen LogP) is 3.05. The molecule has 11 heteroatoms. The van der Waals surface area contributed by atoms with Gasteiger partial charge in [-0.15, -0.1) is 0 Å². The first-order valence-corrected chi connectivity index (χ1v) is 11.7. The van der Waals surface area contributed by atoms with Crippen LogP contribution in [0.1, 0.15) is 42.5 Å². The first-order valence-electron chi connectivity index (χ1n) is 11.7. The number of anilines is 2. The molecule has 1 unspecified atom stereocenters. The van der Waals surface area contributed by atoms with E-state index in [0.717, 1.165) is 36.5 Å². The van der Waals surface area contributed by atoms with Crippen LogP contribution in [0.3, 0.4) is 0 Å². The summed E-state index contributed by atoms with van der Waals surface area (Å²) in [5.74, 6) is 0.406. The van der Waals surface area contributed by atoms with Crippen LogP contribution in [0, 0.1) is 5.92 Å². The maximum atomic E-state index is 13.6. The number of nitrogens with one attached hydrogen (secondary N) is 1. The van der Waals surface area contributed by atoms with Crippen LogP contribution < -0.4 is 10.2 Å². The second-order valence-corrected chi connectivity index (χ2v) is 8.89. The average Bonchev–Trinajstić information content (AvgIpc) is 3.33. The summed E-state index contributed by atoms with van der Waals surface area (Å²) in [6.45, 7) is 2.92. The molecule has 182 valence electrons. The number of pyridine rings is 1. The fourth-order valence-electron chi connectivity index (χ4n) is 5.07. The normalized spacial score (nSPS) is 21.4. The van der Waals surface area contributed by atoms with E-state index in [0.29, 0.717) is 57.8 Å². The summed E-state index contributed by atoms with van der Waals surface area (Å²) in [7, 11) is 0. The van der Waals surface area contributed by atoms with Crippen molar-refractivity contribution in [2.75, 3.05) is 31.2 Å². The van der Waals surface area contributed by atoms with Crippen molar-refractivity contribution in [1.29, 1.82) is 0 Å². The summed E-state index contributed by atoms with van der Waals surface area (Å²) in [6.07, 6.45) is 2.08. The molecule has 8 nitrogen and oxygen atoms in total. The number of halogens is 3. The van der Waals surface area contributed by atoms with E-state index in [1.807, 2.05) is 0 Å². The quantitative estimate of drug-likeness (QED) is 0.726. The molecule has 0 spiro atoms. The predicted molar refractivity (Wildman–Crippen MR) is 117 cm³/mol. The summed E-state index contributed by atoms with van der Waals surface area (Å²) in [4.78, 5) is 29.9. The number of hydrogen-bond donors (Lipinski definition) is 1. The lowest BCUT2D eigenvalue weighted by Crippen LogP contribution is -2.49. The molecule has 3 aliphatic rings. The van der Waals surface area contributed by atoms with Crippen LogP contribution in [0.4, 0.5) is 24.7 Å². The minimum Gasteiger partial charge on any atom is -0.381 e. The zero-order valence-electron chi connectivity index (χ0n) is 18.7. The third-order valence-electron chi connectivity index (χ3n) is 6.78. The van der Waals surface area contributed by atoms with Crippen LogP contribution in [0.5, 0.6) is 0 Å². The van der Waals surface area contributed by atoms with Gasteiger partial charge in [0.2, 0.25) is 5.91 Å². The van der Waals surface area contributed by atoms with Gasteiger partial charge in [-0.1, -0.05) is 0 Å². The lowest BCUT2D eigenvalue weighted by molar-refractivity contribution is -0.139. The van der Waals surface area contributed by atoms with Gasteiger partial charge in [0.05, 0.1) is 23.1 Å². The first kappa shape index (κ1) is 23.0. The monoisotopic (exact) mass is 476 g/mol. The fraction of sp³-hybridized carbons (Fsp3) is 0.565. The van der Waals surface area contributed by atoms with Gasteiger partial charge in [0, 0.05) is 56.9 Å². The number of alkyl halides is 3. The summed E-state index contributed by atoms with van der Waals surface area (Å²) < 4.78 is 46.1. The zero-order chi connectivity index (χ0) is 23.7. The van der Waals surface area contributed by atoms with Crippen LogP contribution in [0.25, 0.3) is 0 Å². The number of hydrogen-bond acceptors (Lipinski definition) is 7. The van der Waals surface area contributed by atoms with Crippen LogP contribution in [0.2, 0.25) is 0 Å². The average molecular weight is 477 g/mol. The topological polar surface area (TPSA) is 83.5 Å². The van der Waals surface area contributed by atoms with Crippen LogP contribution in [0.15, 0.2) is 24.8 Å².